The van der Waals surface area contributed by atoms with E-state index in [1.54, 1.807) is 19.4 Å². The molecule has 4 heteroatoms. The maximum absolute atomic E-state index is 10.2. The van der Waals surface area contributed by atoms with E-state index in [1.807, 2.05) is 12.1 Å². The maximum atomic E-state index is 10.2. The Morgan fingerprint density at radius 2 is 2.04 bits per heavy atom. The Labute approximate surface area is 142 Å². The van der Waals surface area contributed by atoms with Crippen LogP contribution in [0.4, 0.5) is 0 Å². The van der Waals surface area contributed by atoms with Crippen LogP contribution in [0, 0.1) is 17.3 Å². The standard InChI is InChI=1S/C19H24ClNO2/c1-23-16-4-2-3-15(17(16)22)10-21-12-18-6-13-5-14(7-18)9-19(20,8-13)11-18/h2-4,10,13-14,22H,5-9,11-12H2,1H3/t13-,14-,18?,19?/m0/s1. The smallest absolute Gasteiger partial charge is 0.166 e. The number of methoxy groups -OCH3 is 1. The molecule has 4 bridgehead atoms. The number of alkyl halides is 1. The third-order valence-electron chi connectivity index (χ3n) is 6.02. The summed E-state index contributed by atoms with van der Waals surface area (Å²) in [4.78, 5) is 4.74. The molecule has 0 amide bonds. The van der Waals surface area contributed by atoms with Gasteiger partial charge >= 0.3 is 0 Å². The fourth-order valence-corrected chi connectivity index (χ4v) is 6.39. The topological polar surface area (TPSA) is 41.8 Å². The normalized spacial score (nSPS) is 38.3. The fourth-order valence-electron chi connectivity index (χ4n) is 5.67. The third-order valence-corrected chi connectivity index (χ3v) is 6.46. The van der Waals surface area contributed by atoms with Crippen molar-refractivity contribution in [3.8, 4) is 11.5 Å². The van der Waals surface area contributed by atoms with Crippen LogP contribution in [0.15, 0.2) is 23.2 Å². The van der Waals surface area contributed by atoms with Gasteiger partial charge in [0.2, 0.25) is 0 Å². The highest BCUT2D eigenvalue weighted by Gasteiger charge is 2.56. The van der Waals surface area contributed by atoms with Gasteiger partial charge in [-0.2, -0.15) is 0 Å². The van der Waals surface area contributed by atoms with E-state index >= 15 is 0 Å². The van der Waals surface area contributed by atoms with Gasteiger partial charge < -0.3 is 9.84 Å². The molecule has 0 spiro atoms. The summed E-state index contributed by atoms with van der Waals surface area (Å²) in [6.45, 7) is 0.825. The van der Waals surface area contributed by atoms with Gasteiger partial charge in [0.1, 0.15) is 0 Å². The molecular weight excluding hydrogens is 310 g/mol. The number of halogens is 1. The molecule has 1 aromatic rings. The van der Waals surface area contributed by atoms with E-state index in [0.29, 0.717) is 5.75 Å². The molecule has 4 saturated carbocycles. The lowest BCUT2D eigenvalue weighted by Crippen LogP contribution is -2.54. The summed E-state index contributed by atoms with van der Waals surface area (Å²) in [5.41, 5.74) is 1.01. The summed E-state index contributed by atoms with van der Waals surface area (Å²) in [5.74, 6) is 2.25. The number of aliphatic imine (C=N–C) groups is 1. The lowest BCUT2D eigenvalue weighted by molar-refractivity contribution is -0.0336. The Kier molecular flexibility index (Phi) is 3.60. The van der Waals surface area contributed by atoms with Gasteiger partial charge in [0, 0.05) is 23.2 Å². The summed E-state index contributed by atoms with van der Waals surface area (Å²) in [6, 6.07) is 5.49. The second-order valence-electron chi connectivity index (χ2n) is 7.98. The van der Waals surface area contributed by atoms with Gasteiger partial charge in [0.15, 0.2) is 11.5 Å². The third kappa shape index (κ3) is 2.73. The number of benzene rings is 1. The first-order valence-electron chi connectivity index (χ1n) is 8.56. The second kappa shape index (κ2) is 5.41. The van der Waals surface area contributed by atoms with Crippen molar-refractivity contribution >= 4 is 17.8 Å². The molecule has 3 nitrogen and oxygen atoms in total. The number of para-hydroxylation sites is 1. The molecule has 4 aliphatic rings. The Balaban J connectivity index is 1.51. The van der Waals surface area contributed by atoms with Gasteiger partial charge in [0.25, 0.3) is 0 Å². The molecule has 0 aliphatic heterocycles. The van der Waals surface area contributed by atoms with Gasteiger partial charge in [-0.15, -0.1) is 11.6 Å². The van der Waals surface area contributed by atoms with Crippen LogP contribution in [0.25, 0.3) is 0 Å². The van der Waals surface area contributed by atoms with Crippen molar-refractivity contribution in [1.29, 1.82) is 0 Å². The van der Waals surface area contributed by atoms with Crippen LogP contribution in [0.5, 0.6) is 11.5 Å². The molecular formula is C19H24ClNO2. The lowest BCUT2D eigenvalue weighted by Gasteiger charge is -2.59. The van der Waals surface area contributed by atoms with E-state index in [0.717, 1.165) is 30.4 Å². The Bertz CT molecular complexity index is 628. The van der Waals surface area contributed by atoms with Crippen molar-refractivity contribution in [1.82, 2.24) is 0 Å². The minimum Gasteiger partial charge on any atom is -0.504 e. The Morgan fingerprint density at radius 3 is 2.70 bits per heavy atom. The van der Waals surface area contributed by atoms with Crippen LogP contribution in [0.1, 0.15) is 44.1 Å². The van der Waals surface area contributed by atoms with Gasteiger partial charge in [0.05, 0.1) is 7.11 Å². The largest absolute Gasteiger partial charge is 0.504 e. The molecule has 0 heterocycles. The predicted molar refractivity (Wildman–Crippen MR) is 92.8 cm³/mol. The van der Waals surface area contributed by atoms with Gasteiger partial charge in [-0.3, -0.25) is 4.99 Å². The summed E-state index contributed by atoms with van der Waals surface area (Å²) < 4.78 is 5.15. The number of aromatic hydroxyl groups is 1. The number of ether oxygens (including phenoxy) is 1. The van der Waals surface area contributed by atoms with E-state index in [1.165, 1.54) is 32.1 Å². The predicted octanol–water partition coefficient (Wildman–Crippen LogP) is 4.40. The molecule has 0 aromatic heterocycles. The molecule has 1 aromatic carbocycles. The zero-order valence-electron chi connectivity index (χ0n) is 13.6. The highest BCUT2D eigenvalue weighted by atomic mass is 35.5. The zero-order valence-corrected chi connectivity index (χ0v) is 14.4. The van der Waals surface area contributed by atoms with Crippen molar-refractivity contribution in [2.45, 2.75) is 43.4 Å². The quantitative estimate of drug-likeness (QED) is 0.655. The minimum absolute atomic E-state index is 0.0394. The van der Waals surface area contributed by atoms with Gasteiger partial charge in [-0.25, -0.2) is 0 Å². The molecule has 1 N–H and O–H groups in total. The molecule has 23 heavy (non-hydrogen) atoms. The van der Waals surface area contributed by atoms with Gasteiger partial charge in [-0.1, -0.05) is 6.07 Å². The number of phenolic OH excluding ortho intramolecular Hbond substituents is 1. The molecule has 2 atom stereocenters. The fraction of sp³-hybridized carbons (Fsp3) is 0.632. The number of nitrogens with zero attached hydrogens (tertiary/aromatic N) is 1. The van der Waals surface area contributed by atoms with Crippen molar-refractivity contribution in [3.63, 3.8) is 0 Å². The summed E-state index contributed by atoms with van der Waals surface area (Å²) in [5, 5.41) is 10.2. The van der Waals surface area contributed by atoms with Crippen LogP contribution in [-0.4, -0.2) is 29.8 Å². The minimum atomic E-state index is 0.0394. The molecule has 0 saturated heterocycles. The van der Waals surface area contributed by atoms with E-state index in [-0.39, 0.29) is 16.0 Å². The zero-order chi connectivity index (χ0) is 16.1. The molecule has 5 rings (SSSR count). The Morgan fingerprint density at radius 1 is 1.30 bits per heavy atom. The first-order valence-corrected chi connectivity index (χ1v) is 8.93. The number of hydrogen-bond donors (Lipinski definition) is 1. The van der Waals surface area contributed by atoms with Crippen molar-refractivity contribution in [2.24, 2.45) is 22.2 Å². The SMILES string of the molecule is COc1cccc(C=NCC23C[C@@H]4C[C@H](CC(Cl)(C4)C2)C3)c1O. The number of rotatable bonds is 4. The highest BCUT2D eigenvalue weighted by Crippen LogP contribution is 2.63. The average Bonchev–Trinajstić information content (AvgIpc) is 2.46. The summed E-state index contributed by atoms with van der Waals surface area (Å²) >= 11 is 6.87. The van der Waals surface area contributed by atoms with Crippen LogP contribution in [0.3, 0.4) is 0 Å². The molecule has 0 unspecified atom stereocenters. The lowest BCUT2D eigenvalue weighted by atomic mass is 9.49. The van der Waals surface area contributed by atoms with E-state index < -0.39 is 0 Å². The average molecular weight is 334 g/mol. The van der Waals surface area contributed by atoms with Crippen LogP contribution in [-0.2, 0) is 0 Å². The number of phenols is 1. The summed E-state index contributed by atoms with van der Waals surface area (Å²) in [7, 11) is 1.56. The molecule has 124 valence electrons. The van der Waals surface area contributed by atoms with Crippen molar-refractivity contribution in [2.75, 3.05) is 13.7 Å². The first-order chi connectivity index (χ1) is 11.0. The van der Waals surface area contributed by atoms with E-state index in [9.17, 15) is 5.11 Å². The van der Waals surface area contributed by atoms with Gasteiger partial charge in [-0.05, 0) is 67.9 Å². The van der Waals surface area contributed by atoms with Crippen LogP contribution >= 0.6 is 11.6 Å². The molecule has 4 fully saturated rings. The highest BCUT2D eigenvalue weighted by molar-refractivity contribution is 6.24. The Hall–Kier alpha value is -1.22. The number of hydrogen-bond acceptors (Lipinski definition) is 3. The monoisotopic (exact) mass is 333 g/mol. The van der Waals surface area contributed by atoms with Crippen LogP contribution in [0.2, 0.25) is 0 Å². The first kappa shape index (κ1) is 15.3. The maximum Gasteiger partial charge on any atom is 0.166 e. The van der Waals surface area contributed by atoms with E-state index in [4.69, 9.17) is 21.3 Å². The van der Waals surface area contributed by atoms with E-state index in [2.05, 4.69) is 0 Å². The molecule has 4 aliphatic carbocycles. The summed E-state index contributed by atoms with van der Waals surface area (Å²) in [6.07, 6.45) is 9.23. The molecule has 0 radical (unpaired) electrons. The van der Waals surface area contributed by atoms with Crippen molar-refractivity contribution < 1.29 is 9.84 Å². The van der Waals surface area contributed by atoms with Crippen LogP contribution < -0.4 is 4.74 Å². The second-order valence-corrected chi connectivity index (χ2v) is 8.78. The van der Waals surface area contributed by atoms with Crippen molar-refractivity contribution in [3.05, 3.63) is 23.8 Å².